The average Bonchev–Trinajstić information content (AvgIpc) is 2.84. The van der Waals surface area contributed by atoms with Crippen LogP contribution in [0.3, 0.4) is 0 Å². The first-order chi connectivity index (χ1) is 9.77. The highest BCUT2D eigenvalue weighted by atomic mass is 32.9. The maximum Gasteiger partial charge on any atom is 0.122 e. The summed E-state index contributed by atoms with van der Waals surface area (Å²) < 4.78 is 0.931. The Balaban J connectivity index is 2.75. The van der Waals surface area contributed by atoms with Crippen molar-refractivity contribution in [2.24, 2.45) is 0 Å². The first kappa shape index (κ1) is 16.7. The predicted molar refractivity (Wildman–Crippen MR) is 97.5 cm³/mol. The van der Waals surface area contributed by atoms with E-state index in [0.717, 1.165) is 32.5 Å². The predicted octanol–water partition coefficient (Wildman–Crippen LogP) is 6.72. The molecule has 1 N–H and O–H groups in total. The second-order valence-electron chi connectivity index (χ2n) is 6.35. The number of hydrogen-bond donors (Lipinski definition) is 1. The zero-order valence-electron chi connectivity index (χ0n) is 13.2. The molecule has 0 saturated heterocycles. The van der Waals surface area contributed by atoms with Gasteiger partial charge in [-0.25, -0.2) is 0 Å². The molecule has 0 amide bonds. The summed E-state index contributed by atoms with van der Waals surface area (Å²) in [5, 5.41) is 12.8. The van der Waals surface area contributed by atoms with Crippen LogP contribution in [0.5, 0.6) is 5.75 Å². The van der Waals surface area contributed by atoms with Crippen molar-refractivity contribution in [1.29, 1.82) is 0 Å². The molecule has 2 rings (SSSR count). The van der Waals surface area contributed by atoms with E-state index in [0.29, 0.717) is 5.75 Å². The van der Waals surface area contributed by atoms with Gasteiger partial charge < -0.3 is 5.11 Å². The standard InChI is InChI=1S/C17H22OS3/c1-6-17(4,5)14-8-11(13-9-20-21-16(13)19)7-12(10(2)3)15(14)18/h7-10,18H,6H2,1-5H3. The lowest BCUT2D eigenvalue weighted by Crippen LogP contribution is -2.16. The summed E-state index contributed by atoms with van der Waals surface area (Å²) >= 11 is 5.44. The second kappa shape index (κ2) is 6.19. The minimum Gasteiger partial charge on any atom is -0.507 e. The van der Waals surface area contributed by atoms with Gasteiger partial charge in [0.15, 0.2) is 0 Å². The van der Waals surface area contributed by atoms with E-state index in [4.69, 9.17) is 12.2 Å². The van der Waals surface area contributed by atoms with Crippen molar-refractivity contribution >= 4 is 32.9 Å². The van der Waals surface area contributed by atoms with Gasteiger partial charge in [-0.1, -0.05) is 67.5 Å². The topological polar surface area (TPSA) is 20.2 Å². The van der Waals surface area contributed by atoms with Crippen LogP contribution in [0.1, 0.15) is 58.1 Å². The van der Waals surface area contributed by atoms with Crippen LogP contribution in [0.15, 0.2) is 17.5 Å². The van der Waals surface area contributed by atoms with Crippen LogP contribution in [-0.2, 0) is 5.41 Å². The molecule has 0 bridgehead atoms. The molecule has 0 spiro atoms. The van der Waals surface area contributed by atoms with E-state index in [2.05, 4.69) is 52.1 Å². The lowest BCUT2D eigenvalue weighted by atomic mass is 9.78. The molecule has 0 fully saturated rings. The van der Waals surface area contributed by atoms with Crippen molar-refractivity contribution < 1.29 is 5.11 Å². The van der Waals surface area contributed by atoms with Crippen LogP contribution >= 0.6 is 32.9 Å². The zero-order valence-corrected chi connectivity index (χ0v) is 15.6. The minimum atomic E-state index is -0.0508. The van der Waals surface area contributed by atoms with Gasteiger partial charge in [0.1, 0.15) is 9.57 Å². The van der Waals surface area contributed by atoms with Crippen molar-refractivity contribution in [1.82, 2.24) is 0 Å². The number of phenolic OH excluding ortho intramolecular Hbond substituents is 1. The molecule has 114 valence electrons. The van der Waals surface area contributed by atoms with Crippen molar-refractivity contribution in [2.45, 2.75) is 52.4 Å². The fourth-order valence-corrected chi connectivity index (χ4v) is 4.75. The van der Waals surface area contributed by atoms with Gasteiger partial charge >= 0.3 is 0 Å². The number of hydrogen-bond acceptors (Lipinski definition) is 4. The quantitative estimate of drug-likeness (QED) is 0.493. The van der Waals surface area contributed by atoms with Gasteiger partial charge in [0.05, 0.1) is 0 Å². The van der Waals surface area contributed by atoms with Crippen molar-refractivity contribution in [3.8, 4) is 16.9 Å². The number of rotatable bonds is 4. The molecule has 1 aromatic heterocycles. The fraction of sp³-hybridized carbons (Fsp3) is 0.471. The molecule has 1 nitrogen and oxygen atoms in total. The van der Waals surface area contributed by atoms with E-state index < -0.39 is 0 Å². The van der Waals surface area contributed by atoms with Crippen molar-refractivity contribution in [3.63, 3.8) is 0 Å². The highest BCUT2D eigenvalue weighted by Crippen LogP contribution is 2.42. The number of benzene rings is 1. The van der Waals surface area contributed by atoms with E-state index in [-0.39, 0.29) is 11.3 Å². The summed E-state index contributed by atoms with van der Waals surface area (Å²) in [6.45, 7) is 10.8. The monoisotopic (exact) mass is 338 g/mol. The van der Waals surface area contributed by atoms with Crippen molar-refractivity contribution in [3.05, 3.63) is 32.5 Å². The fourth-order valence-electron chi connectivity index (χ4n) is 2.35. The van der Waals surface area contributed by atoms with Crippen LogP contribution < -0.4 is 0 Å². The van der Waals surface area contributed by atoms with Gasteiger partial charge in [0.25, 0.3) is 0 Å². The molecule has 0 radical (unpaired) electrons. The Morgan fingerprint density at radius 1 is 1.29 bits per heavy atom. The Bertz CT molecular complexity index is 692. The first-order valence-electron chi connectivity index (χ1n) is 7.23. The normalized spacial score (nSPS) is 12.1. The van der Waals surface area contributed by atoms with Crippen LogP contribution in [-0.4, -0.2) is 5.11 Å². The minimum absolute atomic E-state index is 0.0508. The molecule has 21 heavy (non-hydrogen) atoms. The zero-order chi connectivity index (χ0) is 15.8. The maximum atomic E-state index is 10.7. The van der Waals surface area contributed by atoms with E-state index in [9.17, 15) is 5.11 Å². The summed E-state index contributed by atoms with van der Waals surface area (Å²) in [7, 11) is 3.30. The lowest BCUT2D eigenvalue weighted by molar-refractivity contribution is 0.421. The Morgan fingerprint density at radius 2 is 1.95 bits per heavy atom. The summed E-state index contributed by atoms with van der Waals surface area (Å²) in [6, 6.07) is 4.22. The summed E-state index contributed by atoms with van der Waals surface area (Å²) in [5.74, 6) is 0.734. The largest absolute Gasteiger partial charge is 0.507 e. The smallest absolute Gasteiger partial charge is 0.122 e. The molecule has 0 aliphatic rings. The third kappa shape index (κ3) is 3.22. The summed E-state index contributed by atoms with van der Waals surface area (Å²) in [6.07, 6.45) is 0.981. The third-order valence-corrected chi connectivity index (χ3v) is 6.86. The molecule has 4 heteroatoms. The van der Waals surface area contributed by atoms with Crippen LogP contribution in [0.4, 0.5) is 0 Å². The Morgan fingerprint density at radius 3 is 2.43 bits per heavy atom. The van der Waals surface area contributed by atoms with Gasteiger partial charge in [0.2, 0.25) is 0 Å². The molecule has 2 aromatic rings. The van der Waals surface area contributed by atoms with Crippen molar-refractivity contribution in [2.75, 3.05) is 0 Å². The first-order valence-corrected chi connectivity index (χ1v) is 9.85. The van der Waals surface area contributed by atoms with E-state index in [1.165, 1.54) is 0 Å². The molecule has 0 aliphatic heterocycles. The molecule has 0 atom stereocenters. The SMILES string of the molecule is CCC(C)(C)c1cc(-c2cssc2=S)cc(C(C)C)c1O. The van der Waals surface area contributed by atoms with Crippen LogP contribution in [0.25, 0.3) is 11.1 Å². The second-order valence-corrected chi connectivity index (χ2v) is 9.10. The highest BCUT2D eigenvalue weighted by molar-refractivity contribution is 7.79. The van der Waals surface area contributed by atoms with Gasteiger partial charge in [-0.3, -0.25) is 0 Å². The van der Waals surface area contributed by atoms with E-state index in [1.807, 2.05) is 0 Å². The van der Waals surface area contributed by atoms with Gasteiger partial charge in [-0.15, -0.1) is 0 Å². The Kier molecular flexibility index (Phi) is 4.91. The lowest BCUT2D eigenvalue weighted by Gasteiger charge is -2.27. The molecular formula is C17H22OS3. The maximum absolute atomic E-state index is 10.7. The summed E-state index contributed by atoms with van der Waals surface area (Å²) in [4.78, 5) is 0. The molecule has 0 saturated carbocycles. The van der Waals surface area contributed by atoms with E-state index in [1.54, 1.807) is 20.7 Å². The number of phenols is 1. The number of aromatic hydroxyl groups is 1. The van der Waals surface area contributed by atoms with Gasteiger partial charge in [-0.2, -0.15) is 0 Å². The molecule has 0 unspecified atom stereocenters. The Hall–Kier alpha value is -0.710. The van der Waals surface area contributed by atoms with E-state index >= 15 is 0 Å². The highest BCUT2D eigenvalue weighted by Gasteiger charge is 2.25. The molecule has 1 aromatic carbocycles. The van der Waals surface area contributed by atoms with Crippen LogP contribution in [0, 0.1) is 3.82 Å². The summed E-state index contributed by atoms with van der Waals surface area (Å²) in [5.41, 5.74) is 4.24. The molecule has 0 aliphatic carbocycles. The molecular weight excluding hydrogens is 316 g/mol. The van der Waals surface area contributed by atoms with Gasteiger partial charge in [-0.05, 0) is 41.0 Å². The molecule has 1 heterocycles. The average molecular weight is 339 g/mol. The Labute approximate surface area is 139 Å². The third-order valence-electron chi connectivity index (χ3n) is 4.20. The van der Waals surface area contributed by atoms with Crippen LogP contribution in [0.2, 0.25) is 0 Å². The van der Waals surface area contributed by atoms with Gasteiger partial charge in [0, 0.05) is 16.5 Å².